The van der Waals surface area contributed by atoms with Crippen LogP contribution in [0, 0.1) is 12.7 Å². The molecule has 0 atom stereocenters. The van der Waals surface area contributed by atoms with Crippen LogP contribution in [0.15, 0.2) is 30.5 Å². The van der Waals surface area contributed by atoms with Crippen molar-refractivity contribution in [3.05, 3.63) is 47.4 Å². The fraction of sp³-hybridized carbons (Fsp3) is 0.143. The van der Waals surface area contributed by atoms with Gasteiger partial charge < -0.3 is 15.2 Å². The normalized spacial score (nSPS) is 10.2. The van der Waals surface area contributed by atoms with E-state index in [1.165, 1.54) is 31.5 Å². The lowest BCUT2D eigenvalue weighted by atomic mass is 10.2. The Bertz CT molecular complexity index is 659. The quantitative estimate of drug-likeness (QED) is 0.872. The second-order valence-electron chi connectivity index (χ2n) is 4.12. The van der Waals surface area contributed by atoms with E-state index in [9.17, 15) is 9.18 Å². The van der Waals surface area contributed by atoms with E-state index in [-0.39, 0.29) is 17.2 Å². The number of carbonyl (C=O) groups is 1. The molecule has 0 saturated heterocycles. The Morgan fingerprint density at radius 3 is 2.80 bits per heavy atom. The fourth-order valence-corrected chi connectivity index (χ4v) is 1.59. The number of nitrogens with zero attached hydrogens (tertiary/aromatic N) is 1. The first-order chi connectivity index (χ1) is 9.51. The van der Waals surface area contributed by atoms with Crippen LogP contribution in [0.3, 0.4) is 0 Å². The number of rotatable bonds is 3. The van der Waals surface area contributed by atoms with Gasteiger partial charge in [0.25, 0.3) is 0 Å². The minimum Gasteiger partial charge on any atom is -0.465 e. The summed E-state index contributed by atoms with van der Waals surface area (Å²) in [7, 11) is 1.24. The predicted octanol–water partition coefficient (Wildman–Crippen LogP) is 2.69. The molecule has 0 aliphatic rings. The number of ether oxygens (including phenoxy) is 2. The number of benzene rings is 1. The molecule has 0 aliphatic carbocycles. The van der Waals surface area contributed by atoms with Gasteiger partial charge in [-0.25, -0.2) is 14.2 Å². The predicted molar refractivity (Wildman–Crippen MR) is 71.2 cm³/mol. The van der Waals surface area contributed by atoms with Crippen molar-refractivity contribution in [3.8, 4) is 11.6 Å². The fourth-order valence-electron chi connectivity index (χ4n) is 1.59. The van der Waals surface area contributed by atoms with Gasteiger partial charge in [0.2, 0.25) is 5.88 Å². The average Bonchev–Trinajstić information content (AvgIpc) is 2.43. The van der Waals surface area contributed by atoms with Crippen molar-refractivity contribution in [3.63, 3.8) is 0 Å². The zero-order valence-electron chi connectivity index (χ0n) is 11.0. The second kappa shape index (κ2) is 5.56. The van der Waals surface area contributed by atoms with Crippen LogP contribution < -0.4 is 10.5 Å². The summed E-state index contributed by atoms with van der Waals surface area (Å²) in [6.07, 6.45) is 1.34. The summed E-state index contributed by atoms with van der Waals surface area (Å²) in [4.78, 5) is 15.6. The molecule has 2 aromatic rings. The number of aryl methyl sites for hydroxylation is 1. The van der Waals surface area contributed by atoms with E-state index >= 15 is 0 Å². The topological polar surface area (TPSA) is 74.4 Å². The minimum absolute atomic E-state index is 0.0137. The van der Waals surface area contributed by atoms with Crippen LogP contribution in [0.5, 0.6) is 11.6 Å². The van der Waals surface area contributed by atoms with Crippen LogP contribution in [0.25, 0.3) is 0 Å². The lowest BCUT2D eigenvalue weighted by Gasteiger charge is -2.11. The third kappa shape index (κ3) is 2.85. The first-order valence-corrected chi connectivity index (χ1v) is 5.79. The number of methoxy groups -OCH3 is 1. The third-order valence-corrected chi connectivity index (χ3v) is 2.63. The maximum absolute atomic E-state index is 13.2. The number of nitrogen functional groups attached to an aromatic ring is 1. The standard InChI is InChI=1S/C14H13FN2O3/c1-8-3-4-9(15)5-12(8)20-13-11(14(18)19-2)6-10(16)7-17-13/h3-7H,16H2,1-2H3. The number of aromatic nitrogens is 1. The largest absolute Gasteiger partial charge is 0.465 e. The van der Waals surface area contributed by atoms with Gasteiger partial charge in [-0.05, 0) is 24.6 Å². The monoisotopic (exact) mass is 276 g/mol. The van der Waals surface area contributed by atoms with Crippen LogP contribution in [0.2, 0.25) is 0 Å². The summed E-state index contributed by atoms with van der Waals surface area (Å²) < 4.78 is 23.4. The van der Waals surface area contributed by atoms with Gasteiger partial charge in [0, 0.05) is 6.07 Å². The molecule has 20 heavy (non-hydrogen) atoms. The summed E-state index contributed by atoms with van der Waals surface area (Å²) in [5.41, 5.74) is 6.67. The lowest BCUT2D eigenvalue weighted by molar-refractivity contribution is 0.0597. The highest BCUT2D eigenvalue weighted by atomic mass is 19.1. The van der Waals surface area contributed by atoms with Gasteiger partial charge in [-0.1, -0.05) is 6.07 Å². The maximum Gasteiger partial charge on any atom is 0.343 e. The SMILES string of the molecule is COC(=O)c1cc(N)cnc1Oc1cc(F)ccc1C. The molecule has 1 aromatic heterocycles. The summed E-state index contributed by atoms with van der Waals surface area (Å²) in [5.74, 6) is -0.790. The molecule has 1 heterocycles. The van der Waals surface area contributed by atoms with Gasteiger partial charge in [-0.15, -0.1) is 0 Å². The lowest BCUT2D eigenvalue weighted by Crippen LogP contribution is -2.06. The molecule has 104 valence electrons. The van der Waals surface area contributed by atoms with E-state index in [1.807, 2.05) is 0 Å². The molecular weight excluding hydrogens is 263 g/mol. The Balaban J connectivity index is 2.43. The Labute approximate surface area is 115 Å². The van der Waals surface area contributed by atoms with Gasteiger partial charge in [-0.3, -0.25) is 0 Å². The van der Waals surface area contributed by atoms with E-state index in [0.29, 0.717) is 11.3 Å². The summed E-state index contributed by atoms with van der Waals surface area (Å²) >= 11 is 0. The van der Waals surface area contributed by atoms with Gasteiger partial charge in [-0.2, -0.15) is 0 Å². The number of carbonyl (C=O) groups excluding carboxylic acids is 1. The van der Waals surface area contributed by atoms with Gasteiger partial charge in [0.1, 0.15) is 17.1 Å². The van der Waals surface area contributed by atoms with Crippen molar-refractivity contribution in [2.45, 2.75) is 6.92 Å². The number of halogens is 1. The molecule has 1 aromatic carbocycles. The third-order valence-electron chi connectivity index (χ3n) is 2.63. The van der Waals surface area contributed by atoms with Crippen molar-refractivity contribution in [1.82, 2.24) is 4.98 Å². The number of nitrogens with two attached hydrogens (primary N) is 1. The van der Waals surface area contributed by atoms with Gasteiger partial charge >= 0.3 is 5.97 Å². The summed E-state index contributed by atoms with van der Waals surface area (Å²) in [6.45, 7) is 1.75. The van der Waals surface area contributed by atoms with Crippen molar-refractivity contribution in [2.75, 3.05) is 12.8 Å². The molecule has 0 fully saturated rings. The average molecular weight is 276 g/mol. The van der Waals surface area contributed by atoms with Crippen LogP contribution in [0.4, 0.5) is 10.1 Å². The molecule has 0 saturated carbocycles. The summed E-state index contributed by atoms with van der Waals surface area (Å²) in [5, 5.41) is 0. The molecule has 6 heteroatoms. The Morgan fingerprint density at radius 1 is 1.35 bits per heavy atom. The number of hydrogen-bond donors (Lipinski definition) is 1. The van der Waals surface area contributed by atoms with E-state index in [0.717, 1.165) is 0 Å². The molecule has 0 aliphatic heterocycles. The Morgan fingerprint density at radius 2 is 2.10 bits per heavy atom. The maximum atomic E-state index is 13.2. The highest BCUT2D eigenvalue weighted by Gasteiger charge is 2.16. The molecule has 2 N–H and O–H groups in total. The van der Waals surface area contributed by atoms with Crippen LogP contribution in [-0.2, 0) is 4.74 Å². The van der Waals surface area contributed by atoms with Crippen LogP contribution in [-0.4, -0.2) is 18.1 Å². The van der Waals surface area contributed by atoms with Gasteiger partial charge in [0.05, 0.1) is 19.0 Å². The van der Waals surface area contributed by atoms with Crippen molar-refractivity contribution >= 4 is 11.7 Å². The molecule has 2 rings (SSSR count). The van der Waals surface area contributed by atoms with Crippen molar-refractivity contribution in [1.29, 1.82) is 0 Å². The number of hydrogen-bond acceptors (Lipinski definition) is 5. The zero-order valence-corrected chi connectivity index (χ0v) is 11.0. The van der Waals surface area contributed by atoms with E-state index in [1.54, 1.807) is 13.0 Å². The molecular formula is C14H13FN2O3. The minimum atomic E-state index is -0.631. The molecule has 5 nitrogen and oxygen atoms in total. The second-order valence-corrected chi connectivity index (χ2v) is 4.12. The number of anilines is 1. The molecule has 0 unspecified atom stereocenters. The molecule has 0 radical (unpaired) electrons. The highest BCUT2D eigenvalue weighted by molar-refractivity contribution is 5.92. The Hall–Kier alpha value is -2.63. The number of esters is 1. The highest BCUT2D eigenvalue weighted by Crippen LogP contribution is 2.28. The van der Waals surface area contributed by atoms with E-state index in [4.69, 9.17) is 10.5 Å². The molecule has 0 bridgehead atoms. The first-order valence-electron chi connectivity index (χ1n) is 5.79. The zero-order chi connectivity index (χ0) is 14.7. The number of pyridine rings is 1. The van der Waals surface area contributed by atoms with Crippen molar-refractivity contribution < 1.29 is 18.7 Å². The molecule has 0 amide bonds. The first kappa shape index (κ1) is 13.8. The van der Waals surface area contributed by atoms with E-state index < -0.39 is 11.8 Å². The smallest absolute Gasteiger partial charge is 0.343 e. The van der Waals surface area contributed by atoms with Crippen LogP contribution >= 0.6 is 0 Å². The van der Waals surface area contributed by atoms with E-state index in [2.05, 4.69) is 9.72 Å². The van der Waals surface area contributed by atoms with Gasteiger partial charge in [0.15, 0.2) is 0 Å². The summed E-state index contributed by atoms with van der Waals surface area (Å²) in [6, 6.07) is 5.50. The molecule has 0 spiro atoms. The van der Waals surface area contributed by atoms with Crippen LogP contribution in [0.1, 0.15) is 15.9 Å². The van der Waals surface area contributed by atoms with Crippen molar-refractivity contribution in [2.24, 2.45) is 0 Å². The Kier molecular flexibility index (Phi) is 3.84.